The molecule has 7 heteroatoms. The minimum absolute atomic E-state index is 0.103. The Balaban J connectivity index is 2.57. The standard InChI is InChI=1S/C15H17FN2O3S/c1-7-10-3-2-8(5-12(17)19)15(22-21)14(10)9(4-11(7)16)6-13(18)20/h4,8,15H,2-3,5-6H2,1H3,(H3-,17,18,19,20)/p+1. The average molecular weight is 325 g/mol. The van der Waals surface area contributed by atoms with Gasteiger partial charge in [0.05, 0.1) is 6.42 Å². The maximum absolute atomic E-state index is 14.0. The quantitative estimate of drug-likeness (QED) is 0.791. The van der Waals surface area contributed by atoms with Gasteiger partial charge in [0, 0.05) is 22.1 Å². The zero-order valence-corrected chi connectivity index (χ0v) is 13.0. The number of halogens is 1. The smallest absolute Gasteiger partial charge is 0.370 e. The van der Waals surface area contributed by atoms with Gasteiger partial charge in [-0.25, -0.2) is 4.39 Å². The first-order chi connectivity index (χ1) is 10.3. The van der Waals surface area contributed by atoms with Crippen molar-refractivity contribution in [2.45, 2.75) is 37.9 Å². The summed E-state index contributed by atoms with van der Waals surface area (Å²) in [4.78, 5) is 22.4. The largest absolute Gasteiger partial charge is 0.467 e. The van der Waals surface area contributed by atoms with Crippen LogP contribution in [-0.4, -0.2) is 11.8 Å². The lowest BCUT2D eigenvalue weighted by molar-refractivity contribution is -0.119. The van der Waals surface area contributed by atoms with Gasteiger partial charge in [0.25, 0.3) is 5.25 Å². The zero-order valence-electron chi connectivity index (χ0n) is 12.2. The minimum Gasteiger partial charge on any atom is -0.370 e. The van der Waals surface area contributed by atoms with Gasteiger partial charge >= 0.3 is 11.7 Å². The van der Waals surface area contributed by atoms with Gasteiger partial charge in [-0.15, -0.1) is 0 Å². The molecule has 118 valence electrons. The number of primary amides is 2. The van der Waals surface area contributed by atoms with E-state index in [0.29, 0.717) is 41.2 Å². The van der Waals surface area contributed by atoms with Crippen molar-refractivity contribution in [2.75, 3.05) is 0 Å². The molecule has 0 radical (unpaired) electrons. The second-order valence-electron chi connectivity index (χ2n) is 5.66. The molecule has 0 saturated carbocycles. The fourth-order valence-corrected chi connectivity index (χ4v) is 3.98. The predicted molar refractivity (Wildman–Crippen MR) is 80.5 cm³/mol. The molecule has 1 aliphatic carbocycles. The second kappa shape index (κ2) is 6.48. The highest BCUT2D eigenvalue weighted by Crippen LogP contribution is 2.41. The number of hydrogen-bond acceptors (Lipinski definition) is 3. The summed E-state index contributed by atoms with van der Waals surface area (Å²) in [6.45, 7) is 1.66. The first-order valence-corrected chi connectivity index (χ1v) is 7.81. The van der Waals surface area contributed by atoms with Crippen LogP contribution in [0.5, 0.6) is 0 Å². The number of benzene rings is 1. The van der Waals surface area contributed by atoms with Gasteiger partial charge in [0.15, 0.2) is 0 Å². The SMILES string of the molecule is Cc1c(F)cc(CC(N)=O)c2c1CCC(CC(N)=O)C2[S+]=O. The lowest BCUT2D eigenvalue weighted by Gasteiger charge is -2.26. The molecule has 1 aliphatic rings. The van der Waals surface area contributed by atoms with Gasteiger partial charge < -0.3 is 11.5 Å². The molecular weight excluding hydrogens is 307 g/mol. The highest BCUT2D eigenvalue weighted by molar-refractivity contribution is 7.65. The molecule has 0 heterocycles. The van der Waals surface area contributed by atoms with Crippen molar-refractivity contribution in [1.82, 2.24) is 0 Å². The minimum atomic E-state index is -0.586. The zero-order chi connectivity index (χ0) is 16.4. The molecule has 0 fully saturated rings. The topological polar surface area (TPSA) is 103 Å². The van der Waals surface area contributed by atoms with Gasteiger partial charge in [-0.05, 0) is 42.5 Å². The van der Waals surface area contributed by atoms with Crippen LogP contribution >= 0.6 is 0 Å². The number of carbonyl (C=O) groups excluding carboxylic acids is 2. The Labute approximate surface area is 131 Å². The van der Waals surface area contributed by atoms with Crippen molar-refractivity contribution in [1.29, 1.82) is 0 Å². The van der Waals surface area contributed by atoms with E-state index in [0.717, 1.165) is 5.56 Å². The van der Waals surface area contributed by atoms with E-state index >= 15 is 0 Å². The summed E-state index contributed by atoms with van der Waals surface area (Å²) in [5, 5.41) is -0.523. The first kappa shape index (κ1) is 16.5. The molecule has 0 spiro atoms. The van der Waals surface area contributed by atoms with E-state index in [1.807, 2.05) is 0 Å². The molecule has 2 amide bonds. The fraction of sp³-hybridized carbons (Fsp3) is 0.467. The van der Waals surface area contributed by atoms with E-state index in [4.69, 9.17) is 11.5 Å². The molecular formula is C15H18FN2O3S+. The number of hydrogen-bond donors (Lipinski definition) is 2. The van der Waals surface area contributed by atoms with Crippen molar-refractivity contribution in [3.8, 4) is 0 Å². The van der Waals surface area contributed by atoms with Crippen LogP contribution in [0.1, 0.15) is 40.3 Å². The summed E-state index contributed by atoms with van der Waals surface area (Å²) in [7, 11) is 0. The molecule has 2 atom stereocenters. The summed E-state index contributed by atoms with van der Waals surface area (Å²) in [6, 6.07) is 1.27. The normalized spacial score (nSPS) is 20.3. The lowest BCUT2D eigenvalue weighted by Crippen LogP contribution is -2.28. The highest BCUT2D eigenvalue weighted by atomic mass is 32.1. The van der Waals surface area contributed by atoms with Crippen molar-refractivity contribution in [3.05, 3.63) is 34.1 Å². The number of fused-ring (bicyclic) bond motifs is 1. The summed E-state index contributed by atoms with van der Waals surface area (Å²) in [6.07, 6.45) is 1.13. The molecule has 0 bridgehead atoms. The summed E-state index contributed by atoms with van der Waals surface area (Å²) in [5.41, 5.74) is 12.8. The summed E-state index contributed by atoms with van der Waals surface area (Å²) < 4.78 is 25.7. The number of rotatable bonds is 5. The second-order valence-corrected chi connectivity index (χ2v) is 6.36. The van der Waals surface area contributed by atoms with Gasteiger partial charge in [-0.2, -0.15) is 0 Å². The van der Waals surface area contributed by atoms with E-state index in [-0.39, 0.29) is 18.8 Å². The Morgan fingerprint density at radius 3 is 2.59 bits per heavy atom. The summed E-state index contributed by atoms with van der Waals surface area (Å²) in [5.74, 6) is -1.66. The molecule has 5 nitrogen and oxygen atoms in total. The molecule has 1 aromatic carbocycles. The molecule has 2 rings (SSSR count). The number of nitrogens with two attached hydrogens (primary N) is 2. The van der Waals surface area contributed by atoms with Gasteiger partial charge in [0.1, 0.15) is 5.82 Å². The van der Waals surface area contributed by atoms with Crippen molar-refractivity contribution >= 4 is 23.5 Å². The van der Waals surface area contributed by atoms with E-state index in [2.05, 4.69) is 0 Å². The van der Waals surface area contributed by atoms with Crippen molar-refractivity contribution < 1.29 is 18.2 Å². The van der Waals surface area contributed by atoms with Gasteiger partial charge in [0.2, 0.25) is 11.8 Å². The van der Waals surface area contributed by atoms with Crippen LogP contribution in [0.25, 0.3) is 0 Å². The van der Waals surface area contributed by atoms with Crippen LogP contribution < -0.4 is 11.5 Å². The van der Waals surface area contributed by atoms with E-state index in [1.165, 1.54) is 6.07 Å². The van der Waals surface area contributed by atoms with E-state index in [9.17, 15) is 18.2 Å². The van der Waals surface area contributed by atoms with Crippen LogP contribution in [-0.2, 0) is 38.3 Å². The molecule has 22 heavy (non-hydrogen) atoms. The van der Waals surface area contributed by atoms with E-state index in [1.54, 1.807) is 6.92 Å². The average Bonchev–Trinajstić information content (AvgIpc) is 2.42. The van der Waals surface area contributed by atoms with Crippen LogP contribution in [0.15, 0.2) is 6.07 Å². The third-order valence-electron chi connectivity index (χ3n) is 4.19. The summed E-state index contributed by atoms with van der Waals surface area (Å²) >= 11 is 0.362. The molecule has 1 aromatic rings. The van der Waals surface area contributed by atoms with Gasteiger partial charge in [-0.1, -0.05) is 0 Å². The van der Waals surface area contributed by atoms with Crippen LogP contribution in [0.4, 0.5) is 4.39 Å². The molecule has 0 aromatic heterocycles. The van der Waals surface area contributed by atoms with Crippen molar-refractivity contribution in [2.24, 2.45) is 17.4 Å². The third-order valence-corrected chi connectivity index (χ3v) is 5.02. The fourth-order valence-electron chi connectivity index (χ4n) is 3.20. The van der Waals surface area contributed by atoms with Crippen LogP contribution in [0, 0.1) is 18.7 Å². The first-order valence-electron chi connectivity index (χ1n) is 7.01. The van der Waals surface area contributed by atoms with Crippen molar-refractivity contribution in [3.63, 3.8) is 0 Å². The number of amides is 2. The van der Waals surface area contributed by atoms with Crippen LogP contribution in [0.3, 0.4) is 0 Å². The maximum Gasteiger partial charge on any atom is 0.467 e. The molecule has 4 N–H and O–H groups in total. The Morgan fingerprint density at radius 1 is 1.36 bits per heavy atom. The maximum atomic E-state index is 14.0. The molecule has 0 saturated heterocycles. The molecule has 0 aliphatic heterocycles. The predicted octanol–water partition coefficient (Wildman–Crippen LogP) is 1.07. The highest BCUT2D eigenvalue weighted by Gasteiger charge is 2.42. The Bertz CT molecular complexity index is 648. The number of carbonyl (C=O) groups is 2. The lowest BCUT2D eigenvalue weighted by atomic mass is 9.77. The Morgan fingerprint density at radius 2 is 2.05 bits per heavy atom. The molecule has 2 unspecified atom stereocenters. The van der Waals surface area contributed by atoms with Crippen LogP contribution in [0.2, 0.25) is 0 Å². The Hall–Kier alpha value is -1.89. The monoisotopic (exact) mass is 325 g/mol. The third kappa shape index (κ3) is 3.14. The Kier molecular flexibility index (Phi) is 4.85. The van der Waals surface area contributed by atoms with Gasteiger partial charge in [-0.3, -0.25) is 9.59 Å². The van der Waals surface area contributed by atoms with E-state index < -0.39 is 22.9 Å².